The van der Waals surface area contributed by atoms with Crippen molar-refractivity contribution >= 4 is 5.91 Å². The van der Waals surface area contributed by atoms with Gasteiger partial charge in [0, 0.05) is 32.2 Å². The molecule has 0 aromatic carbocycles. The monoisotopic (exact) mass is 223 g/mol. The van der Waals surface area contributed by atoms with Gasteiger partial charge in [0.1, 0.15) is 6.42 Å². The van der Waals surface area contributed by atoms with Crippen molar-refractivity contribution in [2.45, 2.75) is 18.9 Å². The van der Waals surface area contributed by atoms with E-state index in [1.54, 1.807) is 0 Å². The van der Waals surface area contributed by atoms with Crippen LogP contribution in [0.4, 0.5) is 0 Å². The molecule has 0 spiro atoms. The standard InChI is InChI=1S/C11H17N3O2/c12-3-1-11(15)14-4-2-10(9-14)13-5-7-16-8-6-13/h10H,1-2,4-9H2. The first kappa shape index (κ1) is 11.4. The highest BCUT2D eigenvalue weighted by molar-refractivity contribution is 5.78. The van der Waals surface area contributed by atoms with E-state index in [1.165, 1.54) is 0 Å². The Hall–Kier alpha value is -1.12. The lowest BCUT2D eigenvalue weighted by molar-refractivity contribution is -0.129. The van der Waals surface area contributed by atoms with Crippen molar-refractivity contribution in [3.8, 4) is 6.07 Å². The van der Waals surface area contributed by atoms with Crippen molar-refractivity contribution in [3.05, 3.63) is 0 Å². The molecular weight excluding hydrogens is 206 g/mol. The Labute approximate surface area is 95.6 Å². The lowest BCUT2D eigenvalue weighted by atomic mass is 10.2. The number of likely N-dealkylation sites (tertiary alicyclic amines) is 1. The van der Waals surface area contributed by atoms with Gasteiger partial charge in [-0.05, 0) is 6.42 Å². The fourth-order valence-corrected chi connectivity index (χ4v) is 2.39. The third-order valence-electron chi connectivity index (χ3n) is 3.31. The molecule has 1 unspecified atom stereocenters. The molecule has 5 heteroatoms. The predicted octanol–water partition coefficient (Wildman–Crippen LogP) is -0.167. The van der Waals surface area contributed by atoms with Crippen LogP contribution in [0.3, 0.4) is 0 Å². The van der Waals surface area contributed by atoms with Gasteiger partial charge in [-0.25, -0.2) is 0 Å². The Balaban J connectivity index is 1.83. The van der Waals surface area contributed by atoms with Crippen LogP contribution in [-0.4, -0.2) is 61.1 Å². The molecule has 0 radical (unpaired) electrons. The van der Waals surface area contributed by atoms with Crippen molar-refractivity contribution in [2.75, 3.05) is 39.4 Å². The first-order chi connectivity index (χ1) is 7.81. The number of hydrogen-bond donors (Lipinski definition) is 0. The molecule has 2 fully saturated rings. The van der Waals surface area contributed by atoms with Crippen LogP contribution in [0.1, 0.15) is 12.8 Å². The summed E-state index contributed by atoms with van der Waals surface area (Å²) in [5, 5.41) is 8.49. The summed E-state index contributed by atoms with van der Waals surface area (Å²) in [5.74, 6) is -0.0294. The van der Waals surface area contributed by atoms with Gasteiger partial charge in [0.25, 0.3) is 0 Å². The summed E-state index contributed by atoms with van der Waals surface area (Å²) in [7, 11) is 0. The average Bonchev–Trinajstić information content (AvgIpc) is 2.80. The van der Waals surface area contributed by atoms with Gasteiger partial charge in [-0.3, -0.25) is 9.69 Å². The second-order valence-corrected chi connectivity index (χ2v) is 4.27. The number of morpholine rings is 1. The third kappa shape index (κ3) is 2.52. The molecule has 2 heterocycles. The number of rotatable bonds is 2. The second-order valence-electron chi connectivity index (χ2n) is 4.27. The largest absolute Gasteiger partial charge is 0.379 e. The normalized spacial score (nSPS) is 26.7. The minimum atomic E-state index is -0.0294. The lowest BCUT2D eigenvalue weighted by Gasteiger charge is -2.31. The van der Waals surface area contributed by atoms with E-state index in [0.717, 1.165) is 45.8 Å². The number of carbonyl (C=O) groups excluding carboxylic acids is 1. The maximum absolute atomic E-state index is 11.5. The van der Waals surface area contributed by atoms with E-state index in [-0.39, 0.29) is 12.3 Å². The Kier molecular flexibility index (Phi) is 3.75. The van der Waals surface area contributed by atoms with E-state index in [4.69, 9.17) is 10.00 Å². The van der Waals surface area contributed by atoms with Crippen LogP contribution in [0, 0.1) is 11.3 Å². The molecule has 16 heavy (non-hydrogen) atoms. The van der Waals surface area contributed by atoms with Gasteiger partial charge < -0.3 is 9.64 Å². The van der Waals surface area contributed by atoms with E-state index in [0.29, 0.717) is 6.04 Å². The van der Waals surface area contributed by atoms with Gasteiger partial charge in [0.05, 0.1) is 19.3 Å². The zero-order valence-corrected chi connectivity index (χ0v) is 9.39. The molecule has 0 saturated carbocycles. The maximum Gasteiger partial charge on any atom is 0.236 e. The predicted molar refractivity (Wildman–Crippen MR) is 57.6 cm³/mol. The highest BCUT2D eigenvalue weighted by Crippen LogP contribution is 2.17. The van der Waals surface area contributed by atoms with E-state index in [2.05, 4.69) is 4.90 Å². The van der Waals surface area contributed by atoms with Gasteiger partial charge in [-0.15, -0.1) is 0 Å². The number of hydrogen-bond acceptors (Lipinski definition) is 4. The minimum absolute atomic E-state index is 0.00975. The van der Waals surface area contributed by atoms with Crippen molar-refractivity contribution in [3.63, 3.8) is 0 Å². The Morgan fingerprint density at radius 1 is 1.38 bits per heavy atom. The zero-order valence-electron chi connectivity index (χ0n) is 9.39. The highest BCUT2D eigenvalue weighted by Gasteiger charge is 2.30. The quantitative estimate of drug-likeness (QED) is 0.652. The Bertz CT molecular complexity index is 294. The minimum Gasteiger partial charge on any atom is -0.379 e. The molecule has 2 rings (SSSR count). The van der Waals surface area contributed by atoms with Crippen molar-refractivity contribution in [1.82, 2.24) is 9.80 Å². The molecule has 2 saturated heterocycles. The summed E-state index contributed by atoms with van der Waals surface area (Å²) in [6, 6.07) is 2.38. The summed E-state index contributed by atoms with van der Waals surface area (Å²) >= 11 is 0. The van der Waals surface area contributed by atoms with Crippen LogP contribution in [0.25, 0.3) is 0 Å². The smallest absolute Gasteiger partial charge is 0.236 e. The van der Waals surface area contributed by atoms with Crippen LogP contribution < -0.4 is 0 Å². The summed E-state index contributed by atoms with van der Waals surface area (Å²) in [4.78, 5) is 15.7. The fraction of sp³-hybridized carbons (Fsp3) is 0.818. The fourth-order valence-electron chi connectivity index (χ4n) is 2.39. The highest BCUT2D eigenvalue weighted by atomic mass is 16.5. The van der Waals surface area contributed by atoms with E-state index in [9.17, 15) is 4.79 Å². The zero-order chi connectivity index (χ0) is 11.4. The molecule has 0 aliphatic carbocycles. The molecule has 1 atom stereocenters. The molecule has 1 amide bonds. The van der Waals surface area contributed by atoms with Crippen molar-refractivity contribution in [1.29, 1.82) is 5.26 Å². The number of ether oxygens (including phenoxy) is 1. The Morgan fingerprint density at radius 3 is 2.81 bits per heavy atom. The molecule has 5 nitrogen and oxygen atoms in total. The Morgan fingerprint density at radius 2 is 2.12 bits per heavy atom. The van der Waals surface area contributed by atoms with E-state index in [1.807, 2.05) is 11.0 Å². The second kappa shape index (κ2) is 5.28. The van der Waals surface area contributed by atoms with Crippen molar-refractivity contribution < 1.29 is 9.53 Å². The SMILES string of the molecule is N#CCC(=O)N1CCC(N2CCOCC2)C1. The number of carbonyl (C=O) groups is 1. The number of nitriles is 1. The molecule has 88 valence electrons. The molecule has 2 aliphatic rings. The molecule has 2 aliphatic heterocycles. The van der Waals surface area contributed by atoms with Crippen LogP contribution in [0.2, 0.25) is 0 Å². The van der Waals surface area contributed by atoms with E-state index < -0.39 is 0 Å². The van der Waals surface area contributed by atoms with Gasteiger partial charge >= 0.3 is 0 Å². The number of amides is 1. The third-order valence-corrected chi connectivity index (χ3v) is 3.31. The van der Waals surface area contributed by atoms with Crippen LogP contribution in [-0.2, 0) is 9.53 Å². The van der Waals surface area contributed by atoms with Crippen LogP contribution >= 0.6 is 0 Å². The van der Waals surface area contributed by atoms with Gasteiger partial charge in [-0.1, -0.05) is 0 Å². The summed E-state index contributed by atoms with van der Waals surface area (Å²) < 4.78 is 5.31. The molecule has 0 N–H and O–H groups in total. The molecule has 0 aromatic heterocycles. The first-order valence-electron chi connectivity index (χ1n) is 5.78. The van der Waals surface area contributed by atoms with Gasteiger partial charge in [0.2, 0.25) is 5.91 Å². The molecular formula is C11H17N3O2. The van der Waals surface area contributed by atoms with Gasteiger partial charge in [0.15, 0.2) is 0 Å². The van der Waals surface area contributed by atoms with Gasteiger partial charge in [-0.2, -0.15) is 5.26 Å². The lowest BCUT2D eigenvalue weighted by Crippen LogP contribution is -2.45. The molecule has 0 aromatic rings. The van der Waals surface area contributed by atoms with Crippen LogP contribution in [0.5, 0.6) is 0 Å². The van der Waals surface area contributed by atoms with Crippen LogP contribution in [0.15, 0.2) is 0 Å². The first-order valence-corrected chi connectivity index (χ1v) is 5.78. The van der Waals surface area contributed by atoms with E-state index >= 15 is 0 Å². The maximum atomic E-state index is 11.5. The average molecular weight is 223 g/mol. The molecule has 0 bridgehead atoms. The number of nitrogens with zero attached hydrogens (tertiary/aromatic N) is 3. The van der Waals surface area contributed by atoms with Crippen molar-refractivity contribution in [2.24, 2.45) is 0 Å². The topological polar surface area (TPSA) is 56.6 Å². The summed E-state index contributed by atoms with van der Waals surface area (Å²) in [6.45, 7) is 5.09. The summed E-state index contributed by atoms with van der Waals surface area (Å²) in [5.41, 5.74) is 0. The summed E-state index contributed by atoms with van der Waals surface area (Å²) in [6.07, 6.45) is 1.03.